The standard InChI is InChI=1S/C18H17FN2OS/c1-18(2,10-12-3-6-14(19)7-4-12)21-17(22)13-5-8-15-16(9-13)23-11-20-15/h3-9,11H,10H2,1-2H3,(H,21,22). The van der Waals surface area contributed by atoms with Crippen molar-refractivity contribution in [1.82, 2.24) is 10.3 Å². The summed E-state index contributed by atoms with van der Waals surface area (Å²) >= 11 is 1.51. The van der Waals surface area contributed by atoms with Crippen LogP contribution in [0, 0.1) is 5.82 Å². The first kappa shape index (κ1) is 15.6. The van der Waals surface area contributed by atoms with Crippen molar-refractivity contribution in [3.05, 3.63) is 64.9 Å². The van der Waals surface area contributed by atoms with Crippen LogP contribution in [0.3, 0.4) is 0 Å². The molecule has 0 spiro atoms. The highest BCUT2D eigenvalue weighted by atomic mass is 32.1. The Morgan fingerprint density at radius 3 is 2.70 bits per heavy atom. The molecule has 1 heterocycles. The molecule has 1 N–H and O–H groups in total. The SMILES string of the molecule is CC(C)(Cc1ccc(F)cc1)NC(=O)c1ccc2ncsc2c1. The molecular formula is C18H17FN2OS. The molecule has 0 aliphatic carbocycles. The zero-order valence-corrected chi connectivity index (χ0v) is 13.8. The molecule has 3 nitrogen and oxygen atoms in total. The Kier molecular flexibility index (Phi) is 4.13. The van der Waals surface area contributed by atoms with Gasteiger partial charge in [0, 0.05) is 11.1 Å². The number of hydrogen-bond donors (Lipinski definition) is 1. The summed E-state index contributed by atoms with van der Waals surface area (Å²) in [5, 5.41) is 3.04. The number of aromatic nitrogens is 1. The van der Waals surface area contributed by atoms with E-state index in [0.29, 0.717) is 12.0 Å². The number of nitrogens with zero attached hydrogens (tertiary/aromatic N) is 1. The molecule has 118 valence electrons. The summed E-state index contributed by atoms with van der Waals surface area (Å²) in [6, 6.07) is 11.9. The summed E-state index contributed by atoms with van der Waals surface area (Å²) in [5.41, 5.74) is 3.84. The molecule has 0 radical (unpaired) electrons. The third-order valence-corrected chi connectivity index (χ3v) is 4.40. The molecule has 23 heavy (non-hydrogen) atoms. The molecule has 5 heteroatoms. The van der Waals surface area contributed by atoms with Crippen molar-refractivity contribution in [3.63, 3.8) is 0 Å². The Hall–Kier alpha value is -2.27. The van der Waals surface area contributed by atoms with Crippen molar-refractivity contribution in [2.24, 2.45) is 0 Å². The Morgan fingerprint density at radius 2 is 1.96 bits per heavy atom. The highest BCUT2D eigenvalue weighted by Crippen LogP contribution is 2.20. The number of carbonyl (C=O) groups is 1. The number of nitrogens with one attached hydrogen (secondary N) is 1. The van der Waals surface area contributed by atoms with E-state index in [1.807, 2.05) is 26.0 Å². The Morgan fingerprint density at radius 1 is 1.22 bits per heavy atom. The summed E-state index contributed by atoms with van der Waals surface area (Å²) in [6.45, 7) is 3.92. The van der Waals surface area contributed by atoms with Crippen molar-refractivity contribution < 1.29 is 9.18 Å². The largest absolute Gasteiger partial charge is 0.347 e. The highest BCUT2D eigenvalue weighted by Gasteiger charge is 2.22. The first-order chi connectivity index (χ1) is 10.9. The molecule has 0 saturated carbocycles. The molecule has 0 aliphatic heterocycles. The molecule has 0 saturated heterocycles. The van der Waals surface area contributed by atoms with Crippen LogP contribution in [-0.4, -0.2) is 16.4 Å². The van der Waals surface area contributed by atoms with Gasteiger partial charge in [-0.3, -0.25) is 4.79 Å². The van der Waals surface area contributed by atoms with Crippen LogP contribution >= 0.6 is 11.3 Å². The lowest BCUT2D eigenvalue weighted by atomic mass is 9.94. The fourth-order valence-corrected chi connectivity index (χ4v) is 3.25. The summed E-state index contributed by atoms with van der Waals surface area (Å²) in [5.74, 6) is -0.374. The molecule has 1 amide bonds. The average Bonchev–Trinajstić information content (AvgIpc) is 2.96. The summed E-state index contributed by atoms with van der Waals surface area (Å²) in [4.78, 5) is 16.7. The van der Waals surface area contributed by atoms with E-state index < -0.39 is 5.54 Å². The predicted molar refractivity (Wildman–Crippen MR) is 91.3 cm³/mol. The van der Waals surface area contributed by atoms with Crippen molar-refractivity contribution in [2.75, 3.05) is 0 Å². The molecule has 0 fully saturated rings. The molecule has 1 aromatic heterocycles. The van der Waals surface area contributed by atoms with Gasteiger partial charge in [-0.2, -0.15) is 0 Å². The van der Waals surface area contributed by atoms with E-state index >= 15 is 0 Å². The second-order valence-electron chi connectivity index (χ2n) is 6.18. The number of amides is 1. The van der Waals surface area contributed by atoms with Crippen LogP contribution < -0.4 is 5.32 Å². The topological polar surface area (TPSA) is 42.0 Å². The van der Waals surface area contributed by atoms with E-state index in [1.54, 1.807) is 23.7 Å². The quantitative estimate of drug-likeness (QED) is 0.780. The van der Waals surface area contributed by atoms with E-state index in [-0.39, 0.29) is 11.7 Å². The van der Waals surface area contributed by atoms with Crippen LogP contribution in [0.2, 0.25) is 0 Å². The predicted octanol–water partition coefficient (Wildman–Crippen LogP) is 4.19. The van der Waals surface area contributed by atoms with Crippen LogP contribution in [-0.2, 0) is 6.42 Å². The first-order valence-corrected chi connectivity index (χ1v) is 8.21. The van der Waals surface area contributed by atoms with E-state index in [9.17, 15) is 9.18 Å². The van der Waals surface area contributed by atoms with Gasteiger partial charge in [0.2, 0.25) is 0 Å². The second-order valence-corrected chi connectivity index (χ2v) is 7.06. The van der Waals surface area contributed by atoms with Gasteiger partial charge in [-0.05, 0) is 56.2 Å². The number of fused-ring (bicyclic) bond motifs is 1. The molecule has 0 bridgehead atoms. The molecule has 3 aromatic rings. The Bertz CT molecular complexity index is 840. The maximum Gasteiger partial charge on any atom is 0.251 e. The molecule has 0 aliphatic rings. The van der Waals surface area contributed by atoms with E-state index in [2.05, 4.69) is 10.3 Å². The minimum Gasteiger partial charge on any atom is -0.347 e. The zero-order valence-electron chi connectivity index (χ0n) is 13.0. The lowest BCUT2D eigenvalue weighted by molar-refractivity contribution is 0.0913. The number of thiazole rings is 1. The van der Waals surface area contributed by atoms with E-state index in [0.717, 1.165) is 15.8 Å². The smallest absolute Gasteiger partial charge is 0.251 e. The van der Waals surface area contributed by atoms with Gasteiger partial charge in [0.05, 0.1) is 15.7 Å². The fourth-order valence-electron chi connectivity index (χ4n) is 2.53. The number of halogens is 1. The summed E-state index contributed by atoms with van der Waals surface area (Å²) < 4.78 is 14.0. The van der Waals surface area contributed by atoms with Crippen molar-refractivity contribution >= 4 is 27.5 Å². The van der Waals surface area contributed by atoms with Crippen LogP contribution in [0.4, 0.5) is 4.39 Å². The molecule has 2 aromatic carbocycles. The molecule has 3 rings (SSSR count). The van der Waals surface area contributed by atoms with E-state index in [1.165, 1.54) is 23.5 Å². The first-order valence-electron chi connectivity index (χ1n) is 7.33. The monoisotopic (exact) mass is 328 g/mol. The van der Waals surface area contributed by atoms with Crippen LogP contribution in [0.25, 0.3) is 10.2 Å². The zero-order chi connectivity index (χ0) is 16.4. The third-order valence-electron chi connectivity index (χ3n) is 3.60. The van der Waals surface area contributed by atoms with Crippen LogP contribution in [0.15, 0.2) is 48.0 Å². The van der Waals surface area contributed by atoms with Crippen LogP contribution in [0.5, 0.6) is 0 Å². The fraction of sp³-hybridized carbons (Fsp3) is 0.222. The minimum absolute atomic E-state index is 0.118. The third kappa shape index (κ3) is 3.74. The van der Waals surface area contributed by atoms with Gasteiger partial charge >= 0.3 is 0 Å². The number of hydrogen-bond acceptors (Lipinski definition) is 3. The number of carbonyl (C=O) groups excluding carboxylic acids is 1. The van der Waals surface area contributed by atoms with Gasteiger partial charge in [-0.25, -0.2) is 9.37 Å². The Labute approximate surface area is 138 Å². The van der Waals surface area contributed by atoms with Gasteiger partial charge in [-0.15, -0.1) is 11.3 Å². The lowest BCUT2D eigenvalue weighted by Gasteiger charge is -2.26. The van der Waals surface area contributed by atoms with Crippen LogP contribution in [0.1, 0.15) is 29.8 Å². The number of rotatable bonds is 4. The Balaban J connectivity index is 1.73. The van der Waals surface area contributed by atoms with Crippen molar-refractivity contribution in [3.8, 4) is 0 Å². The highest BCUT2D eigenvalue weighted by molar-refractivity contribution is 7.16. The summed E-state index contributed by atoms with van der Waals surface area (Å²) in [7, 11) is 0. The van der Waals surface area contributed by atoms with Gasteiger partial charge in [0.1, 0.15) is 5.82 Å². The number of benzene rings is 2. The molecular weight excluding hydrogens is 311 g/mol. The lowest BCUT2D eigenvalue weighted by Crippen LogP contribution is -2.45. The normalized spacial score (nSPS) is 11.6. The minimum atomic E-state index is -0.433. The average molecular weight is 328 g/mol. The summed E-state index contributed by atoms with van der Waals surface area (Å²) in [6.07, 6.45) is 0.627. The molecule has 0 atom stereocenters. The molecule has 0 unspecified atom stereocenters. The second kappa shape index (κ2) is 6.08. The van der Waals surface area contributed by atoms with Crippen molar-refractivity contribution in [1.29, 1.82) is 0 Å². The van der Waals surface area contributed by atoms with E-state index in [4.69, 9.17) is 0 Å². The maximum absolute atomic E-state index is 13.0. The van der Waals surface area contributed by atoms with Gasteiger partial charge in [0.15, 0.2) is 0 Å². The van der Waals surface area contributed by atoms with Gasteiger partial charge in [-0.1, -0.05) is 12.1 Å². The maximum atomic E-state index is 13.0. The van der Waals surface area contributed by atoms with Gasteiger partial charge in [0.25, 0.3) is 5.91 Å². The van der Waals surface area contributed by atoms with Gasteiger partial charge < -0.3 is 5.32 Å². The van der Waals surface area contributed by atoms with Crippen molar-refractivity contribution in [2.45, 2.75) is 25.8 Å².